The highest BCUT2D eigenvalue weighted by Gasteiger charge is 2.31. The van der Waals surface area contributed by atoms with Gasteiger partial charge in [0, 0.05) is 18.3 Å². The van der Waals surface area contributed by atoms with Crippen molar-refractivity contribution in [2.45, 2.75) is 39.7 Å². The number of nitrogens with zero attached hydrogens (tertiary/aromatic N) is 2. The molecule has 0 bridgehead atoms. The van der Waals surface area contributed by atoms with Crippen molar-refractivity contribution in [2.75, 3.05) is 6.54 Å². The predicted molar refractivity (Wildman–Crippen MR) is 62.5 cm³/mol. The third kappa shape index (κ3) is 2.06. The van der Waals surface area contributed by atoms with Crippen molar-refractivity contribution in [1.29, 1.82) is 0 Å². The molecule has 1 aliphatic rings. The van der Waals surface area contributed by atoms with Gasteiger partial charge in [-0.25, -0.2) is 4.99 Å². The summed E-state index contributed by atoms with van der Waals surface area (Å²) in [7, 11) is 0. The van der Waals surface area contributed by atoms with Gasteiger partial charge in [-0.3, -0.25) is 0 Å². The van der Waals surface area contributed by atoms with Gasteiger partial charge in [0.05, 0.1) is 0 Å². The largest absolute Gasteiger partial charge is 0.351 e. The van der Waals surface area contributed by atoms with Crippen molar-refractivity contribution in [3.63, 3.8) is 0 Å². The van der Waals surface area contributed by atoms with Crippen LogP contribution in [0.5, 0.6) is 0 Å². The monoisotopic (exact) mass is 192 g/mol. The summed E-state index contributed by atoms with van der Waals surface area (Å²) in [5, 5.41) is 0. The van der Waals surface area contributed by atoms with Crippen molar-refractivity contribution in [1.82, 2.24) is 4.90 Å². The van der Waals surface area contributed by atoms with Gasteiger partial charge >= 0.3 is 0 Å². The van der Waals surface area contributed by atoms with Crippen LogP contribution in [0.1, 0.15) is 34.1 Å². The third-order valence-electron chi connectivity index (χ3n) is 2.52. The molecule has 1 heterocycles. The Morgan fingerprint density at radius 1 is 1.43 bits per heavy atom. The molecule has 1 aliphatic heterocycles. The molecule has 0 aromatic rings. The molecule has 0 N–H and O–H groups in total. The minimum absolute atomic E-state index is 0.145. The van der Waals surface area contributed by atoms with Crippen LogP contribution in [0.4, 0.5) is 0 Å². The first kappa shape index (κ1) is 11.0. The first-order chi connectivity index (χ1) is 6.50. The van der Waals surface area contributed by atoms with Crippen molar-refractivity contribution in [3.8, 4) is 0 Å². The molecule has 78 valence electrons. The number of rotatable bonds is 1. The number of amidine groups is 1. The quantitative estimate of drug-likeness (QED) is 0.623. The lowest BCUT2D eigenvalue weighted by Gasteiger charge is -2.33. The van der Waals surface area contributed by atoms with Crippen LogP contribution < -0.4 is 0 Å². The molecular formula is C12H20N2. The van der Waals surface area contributed by atoms with E-state index in [-0.39, 0.29) is 5.54 Å². The lowest BCUT2D eigenvalue weighted by Crippen LogP contribution is -2.42. The van der Waals surface area contributed by atoms with Gasteiger partial charge in [0.2, 0.25) is 0 Å². The first-order valence-electron chi connectivity index (χ1n) is 5.12. The van der Waals surface area contributed by atoms with E-state index in [1.807, 2.05) is 0 Å². The van der Waals surface area contributed by atoms with Crippen LogP contribution >= 0.6 is 0 Å². The van der Waals surface area contributed by atoms with E-state index in [4.69, 9.17) is 0 Å². The number of likely N-dealkylation sites (tertiary alicyclic amines) is 1. The molecule has 14 heavy (non-hydrogen) atoms. The maximum absolute atomic E-state index is 4.36. The average Bonchev–Trinajstić information content (AvgIpc) is 2.47. The topological polar surface area (TPSA) is 15.6 Å². The van der Waals surface area contributed by atoms with E-state index in [0.717, 1.165) is 18.8 Å². The van der Waals surface area contributed by atoms with Gasteiger partial charge in [-0.2, -0.15) is 0 Å². The van der Waals surface area contributed by atoms with Gasteiger partial charge in [0.15, 0.2) is 0 Å². The molecule has 0 radical (unpaired) electrons. The second-order valence-electron chi connectivity index (χ2n) is 4.52. The van der Waals surface area contributed by atoms with Crippen LogP contribution in [0.15, 0.2) is 29.4 Å². The minimum Gasteiger partial charge on any atom is -0.351 e. The Labute approximate surface area is 87.0 Å². The normalized spacial score (nSPS) is 23.6. The van der Waals surface area contributed by atoms with Crippen LogP contribution in [0.3, 0.4) is 0 Å². The van der Waals surface area contributed by atoms with E-state index in [1.54, 1.807) is 6.20 Å². The van der Waals surface area contributed by atoms with E-state index in [1.165, 1.54) is 5.57 Å². The van der Waals surface area contributed by atoms with Crippen LogP contribution in [0.2, 0.25) is 0 Å². The second-order valence-corrected chi connectivity index (χ2v) is 4.52. The molecule has 0 aliphatic carbocycles. The van der Waals surface area contributed by atoms with Gasteiger partial charge < -0.3 is 4.90 Å². The van der Waals surface area contributed by atoms with Crippen LogP contribution in [-0.2, 0) is 0 Å². The van der Waals surface area contributed by atoms with Crippen LogP contribution in [-0.4, -0.2) is 22.8 Å². The molecule has 0 unspecified atom stereocenters. The number of hydrogen-bond donors (Lipinski definition) is 0. The molecule has 0 atom stereocenters. The molecule has 2 heteroatoms. The molecule has 0 saturated carbocycles. The molecule has 0 aromatic carbocycles. The fourth-order valence-electron chi connectivity index (χ4n) is 1.79. The molecular weight excluding hydrogens is 172 g/mol. The predicted octanol–water partition coefficient (Wildman–Crippen LogP) is 2.98. The fraction of sp³-hybridized carbons (Fsp3) is 0.583. The summed E-state index contributed by atoms with van der Waals surface area (Å²) in [6, 6.07) is 0. The van der Waals surface area contributed by atoms with E-state index < -0.39 is 0 Å². The van der Waals surface area contributed by atoms with Crippen LogP contribution in [0.25, 0.3) is 0 Å². The number of aliphatic imine (C=N–C) groups is 1. The summed E-state index contributed by atoms with van der Waals surface area (Å²) in [4.78, 5) is 6.70. The molecule has 0 amide bonds. The lowest BCUT2D eigenvalue weighted by molar-refractivity contribution is 0.256. The average molecular weight is 192 g/mol. The minimum atomic E-state index is 0.145. The van der Waals surface area contributed by atoms with Crippen molar-refractivity contribution in [3.05, 3.63) is 24.4 Å². The van der Waals surface area contributed by atoms with Gasteiger partial charge in [0.1, 0.15) is 5.84 Å². The van der Waals surface area contributed by atoms with E-state index >= 15 is 0 Å². The standard InChI is InChI=1S/C12H20N2/c1-6-10-8-9-14(12(3,4)5)11(10)13-7-2/h6-7H,2,8-9H2,1,3-5H3/b10-6-,13-11+. The molecule has 1 rings (SSSR count). The highest BCUT2D eigenvalue weighted by atomic mass is 15.3. The lowest BCUT2D eigenvalue weighted by atomic mass is 10.1. The SMILES string of the molecule is C=C/N=C1\C(=C/C)CCN1C(C)(C)C. The summed E-state index contributed by atoms with van der Waals surface area (Å²) >= 11 is 0. The van der Waals surface area contributed by atoms with E-state index in [0.29, 0.717) is 0 Å². The van der Waals surface area contributed by atoms with Crippen molar-refractivity contribution < 1.29 is 0 Å². The smallest absolute Gasteiger partial charge is 0.131 e. The second kappa shape index (κ2) is 3.99. The molecule has 1 fully saturated rings. The molecule has 1 saturated heterocycles. The van der Waals surface area contributed by atoms with Gasteiger partial charge in [-0.15, -0.1) is 0 Å². The zero-order chi connectivity index (χ0) is 10.8. The van der Waals surface area contributed by atoms with E-state index in [2.05, 4.69) is 50.2 Å². The Morgan fingerprint density at radius 2 is 2.07 bits per heavy atom. The Morgan fingerprint density at radius 3 is 2.50 bits per heavy atom. The maximum Gasteiger partial charge on any atom is 0.131 e. The molecule has 2 nitrogen and oxygen atoms in total. The summed E-state index contributed by atoms with van der Waals surface area (Å²) in [5.74, 6) is 1.09. The van der Waals surface area contributed by atoms with Gasteiger partial charge in [-0.05, 0) is 39.7 Å². The van der Waals surface area contributed by atoms with Crippen molar-refractivity contribution in [2.24, 2.45) is 4.99 Å². The Kier molecular flexibility index (Phi) is 3.14. The highest BCUT2D eigenvalue weighted by molar-refractivity contribution is 6.01. The molecule has 0 aromatic heterocycles. The zero-order valence-corrected chi connectivity index (χ0v) is 9.67. The molecule has 0 spiro atoms. The number of hydrogen-bond acceptors (Lipinski definition) is 1. The Hall–Kier alpha value is -1.05. The third-order valence-corrected chi connectivity index (χ3v) is 2.52. The fourth-order valence-corrected chi connectivity index (χ4v) is 1.79. The van der Waals surface area contributed by atoms with Crippen molar-refractivity contribution >= 4 is 5.84 Å². The summed E-state index contributed by atoms with van der Waals surface area (Å²) in [5.41, 5.74) is 1.48. The Balaban J connectivity index is 3.02. The highest BCUT2D eigenvalue weighted by Crippen LogP contribution is 2.26. The van der Waals surface area contributed by atoms with Gasteiger partial charge in [-0.1, -0.05) is 12.7 Å². The summed E-state index contributed by atoms with van der Waals surface area (Å²) < 4.78 is 0. The summed E-state index contributed by atoms with van der Waals surface area (Å²) in [6.07, 6.45) is 4.87. The first-order valence-corrected chi connectivity index (χ1v) is 5.12. The van der Waals surface area contributed by atoms with Crippen LogP contribution in [0, 0.1) is 0 Å². The summed E-state index contributed by atoms with van der Waals surface area (Å²) in [6.45, 7) is 13.4. The zero-order valence-electron chi connectivity index (χ0n) is 9.67. The maximum atomic E-state index is 4.36. The van der Waals surface area contributed by atoms with E-state index in [9.17, 15) is 0 Å². The van der Waals surface area contributed by atoms with Gasteiger partial charge in [0.25, 0.3) is 0 Å². The Bertz CT molecular complexity index is 279. The number of allylic oxidation sites excluding steroid dienone is 1.